The summed E-state index contributed by atoms with van der Waals surface area (Å²) >= 11 is 0. The molecule has 4 rings (SSSR count). The smallest absolute Gasteiger partial charge is 0.241 e. The van der Waals surface area contributed by atoms with Crippen LogP contribution in [0.25, 0.3) is 10.8 Å². The van der Waals surface area contributed by atoms with Gasteiger partial charge in [-0.1, -0.05) is 73.5 Å². The van der Waals surface area contributed by atoms with Crippen LogP contribution in [0.1, 0.15) is 36.8 Å². The first-order valence-corrected chi connectivity index (χ1v) is 12.4. The van der Waals surface area contributed by atoms with Gasteiger partial charge in [0.2, 0.25) is 10.0 Å². The molecule has 0 aliphatic carbocycles. The van der Waals surface area contributed by atoms with Crippen molar-refractivity contribution in [1.82, 2.24) is 9.62 Å². The number of nitrogens with one attached hydrogen (secondary N) is 1. The highest BCUT2D eigenvalue weighted by Crippen LogP contribution is 2.22. The van der Waals surface area contributed by atoms with E-state index in [4.69, 9.17) is 0 Å². The molecule has 1 heterocycles. The van der Waals surface area contributed by atoms with E-state index in [1.165, 1.54) is 11.1 Å². The number of rotatable bonds is 9. The van der Waals surface area contributed by atoms with E-state index in [-0.39, 0.29) is 0 Å². The Labute approximate surface area is 180 Å². The fraction of sp³-hybridized carbons (Fsp3) is 0.360. The molecular formula is C25H30N2O2S. The van der Waals surface area contributed by atoms with Crippen molar-refractivity contribution in [2.24, 2.45) is 0 Å². The average Bonchev–Trinajstić information content (AvgIpc) is 2.78. The molecule has 0 radical (unpaired) electrons. The van der Waals surface area contributed by atoms with Crippen LogP contribution in [0.5, 0.6) is 0 Å². The Kier molecular flexibility index (Phi) is 6.82. The Bertz CT molecular complexity index is 1090. The van der Waals surface area contributed by atoms with E-state index in [0.29, 0.717) is 11.4 Å². The number of fused-ring (bicyclic) bond motifs is 2. The van der Waals surface area contributed by atoms with Gasteiger partial charge in [-0.05, 0) is 48.4 Å². The number of nitrogens with zero attached hydrogens (tertiary/aromatic N) is 1. The summed E-state index contributed by atoms with van der Waals surface area (Å²) in [4.78, 5) is 2.90. The third-order valence-corrected chi connectivity index (χ3v) is 7.46. The first-order chi connectivity index (χ1) is 14.6. The Morgan fingerprint density at radius 1 is 0.800 bits per heavy atom. The van der Waals surface area contributed by atoms with Gasteiger partial charge in [-0.3, -0.25) is 4.90 Å². The summed E-state index contributed by atoms with van der Waals surface area (Å²) in [5.41, 5.74) is 2.96. The van der Waals surface area contributed by atoms with Crippen molar-refractivity contribution >= 4 is 20.8 Å². The van der Waals surface area contributed by atoms with Crippen molar-refractivity contribution in [1.29, 1.82) is 0 Å². The molecule has 0 spiro atoms. The Balaban J connectivity index is 1.18. The van der Waals surface area contributed by atoms with Crippen LogP contribution < -0.4 is 4.72 Å². The van der Waals surface area contributed by atoms with E-state index < -0.39 is 10.0 Å². The van der Waals surface area contributed by atoms with Crippen LogP contribution in [0.2, 0.25) is 0 Å². The standard InChI is InChI=1S/C25H30N2O2S/c28-30(29,25-15-9-13-22-11-5-6-14-24(22)25)26-17-7-1-2-8-18-27-19-16-21-10-3-4-12-23(21)20-27/h3-6,9-15,26H,1-2,7-8,16-20H2. The first-order valence-electron chi connectivity index (χ1n) is 10.9. The predicted octanol–water partition coefficient (Wildman–Crippen LogP) is 4.74. The summed E-state index contributed by atoms with van der Waals surface area (Å²) < 4.78 is 28.2. The summed E-state index contributed by atoms with van der Waals surface area (Å²) in [5.74, 6) is 0. The lowest BCUT2D eigenvalue weighted by atomic mass is 10.00. The van der Waals surface area contributed by atoms with Crippen LogP contribution in [0.15, 0.2) is 71.6 Å². The number of hydrogen-bond acceptors (Lipinski definition) is 3. The second-order valence-electron chi connectivity index (χ2n) is 8.08. The zero-order valence-corrected chi connectivity index (χ0v) is 18.2. The molecule has 4 nitrogen and oxygen atoms in total. The topological polar surface area (TPSA) is 49.4 Å². The van der Waals surface area contributed by atoms with E-state index in [2.05, 4.69) is 33.9 Å². The van der Waals surface area contributed by atoms with Crippen molar-refractivity contribution in [3.8, 4) is 0 Å². The molecule has 0 aromatic heterocycles. The minimum absolute atomic E-state index is 0.367. The van der Waals surface area contributed by atoms with Crippen LogP contribution in [-0.2, 0) is 23.0 Å². The van der Waals surface area contributed by atoms with Crippen molar-refractivity contribution in [2.45, 2.75) is 43.5 Å². The maximum atomic E-state index is 12.7. The second-order valence-corrected chi connectivity index (χ2v) is 9.82. The SMILES string of the molecule is O=S(=O)(NCCCCCCN1CCc2ccccc2C1)c1cccc2ccccc12. The zero-order valence-electron chi connectivity index (χ0n) is 17.4. The van der Waals surface area contributed by atoms with Crippen molar-refractivity contribution < 1.29 is 8.42 Å². The maximum Gasteiger partial charge on any atom is 0.241 e. The van der Waals surface area contributed by atoms with Crippen LogP contribution in [-0.4, -0.2) is 33.0 Å². The molecule has 3 aromatic carbocycles. The molecule has 30 heavy (non-hydrogen) atoms. The molecule has 0 fully saturated rings. The normalized spacial score (nSPS) is 14.7. The van der Waals surface area contributed by atoms with E-state index in [1.807, 2.05) is 30.3 Å². The summed E-state index contributed by atoms with van der Waals surface area (Å²) in [5, 5.41) is 1.72. The molecule has 0 unspecified atom stereocenters. The molecule has 1 N–H and O–H groups in total. The fourth-order valence-electron chi connectivity index (χ4n) is 4.27. The molecule has 1 aliphatic heterocycles. The Morgan fingerprint density at radius 2 is 1.53 bits per heavy atom. The third-order valence-electron chi connectivity index (χ3n) is 5.94. The summed E-state index contributed by atoms with van der Waals surface area (Å²) in [6.07, 6.45) is 5.35. The van der Waals surface area contributed by atoms with Gasteiger partial charge in [-0.15, -0.1) is 0 Å². The third kappa shape index (κ3) is 5.09. The minimum atomic E-state index is -3.48. The molecule has 5 heteroatoms. The maximum absolute atomic E-state index is 12.7. The van der Waals surface area contributed by atoms with Gasteiger partial charge in [-0.2, -0.15) is 0 Å². The molecule has 0 saturated carbocycles. The number of benzene rings is 3. The van der Waals surface area contributed by atoms with Crippen LogP contribution >= 0.6 is 0 Å². The number of sulfonamides is 1. The lowest BCUT2D eigenvalue weighted by Gasteiger charge is -2.28. The first kappa shape index (κ1) is 21.0. The van der Waals surface area contributed by atoms with Crippen LogP contribution in [0.4, 0.5) is 0 Å². The summed E-state index contributed by atoms with van der Waals surface area (Å²) in [6.45, 7) is 3.81. The monoisotopic (exact) mass is 422 g/mol. The average molecular weight is 423 g/mol. The van der Waals surface area contributed by atoms with Crippen molar-refractivity contribution in [3.63, 3.8) is 0 Å². The Morgan fingerprint density at radius 3 is 2.43 bits per heavy atom. The lowest BCUT2D eigenvalue weighted by Crippen LogP contribution is -2.31. The van der Waals surface area contributed by atoms with E-state index in [1.54, 1.807) is 12.1 Å². The van der Waals surface area contributed by atoms with Crippen molar-refractivity contribution in [3.05, 3.63) is 77.9 Å². The minimum Gasteiger partial charge on any atom is -0.299 e. The van der Waals surface area contributed by atoms with Crippen LogP contribution in [0.3, 0.4) is 0 Å². The molecule has 1 aliphatic rings. The van der Waals surface area contributed by atoms with Gasteiger partial charge in [-0.25, -0.2) is 13.1 Å². The van der Waals surface area contributed by atoms with Gasteiger partial charge in [0.15, 0.2) is 0 Å². The fourth-order valence-corrected chi connectivity index (χ4v) is 5.57. The van der Waals surface area contributed by atoms with Gasteiger partial charge in [0.1, 0.15) is 0 Å². The quantitative estimate of drug-likeness (QED) is 0.507. The van der Waals surface area contributed by atoms with Gasteiger partial charge < -0.3 is 0 Å². The molecule has 3 aromatic rings. The molecule has 158 valence electrons. The molecule has 0 saturated heterocycles. The second kappa shape index (κ2) is 9.73. The number of hydrogen-bond donors (Lipinski definition) is 1. The highest BCUT2D eigenvalue weighted by Gasteiger charge is 2.17. The lowest BCUT2D eigenvalue weighted by molar-refractivity contribution is 0.248. The van der Waals surface area contributed by atoms with E-state index >= 15 is 0 Å². The molecule has 0 amide bonds. The Hall–Kier alpha value is -2.21. The van der Waals surface area contributed by atoms with E-state index in [0.717, 1.165) is 62.5 Å². The molecule has 0 bridgehead atoms. The number of unbranched alkanes of at least 4 members (excludes halogenated alkanes) is 3. The van der Waals surface area contributed by atoms with Crippen molar-refractivity contribution in [2.75, 3.05) is 19.6 Å². The highest BCUT2D eigenvalue weighted by molar-refractivity contribution is 7.89. The van der Waals surface area contributed by atoms with Gasteiger partial charge >= 0.3 is 0 Å². The largest absolute Gasteiger partial charge is 0.299 e. The molecule has 0 atom stereocenters. The van der Waals surface area contributed by atoms with Gasteiger partial charge in [0, 0.05) is 25.0 Å². The zero-order chi connectivity index (χ0) is 20.8. The van der Waals surface area contributed by atoms with Crippen LogP contribution in [0, 0.1) is 0 Å². The highest BCUT2D eigenvalue weighted by atomic mass is 32.2. The predicted molar refractivity (Wildman–Crippen MR) is 123 cm³/mol. The van der Waals surface area contributed by atoms with Gasteiger partial charge in [0.05, 0.1) is 4.90 Å². The summed E-state index contributed by atoms with van der Waals surface area (Å²) in [6, 6.07) is 21.8. The molecular weight excluding hydrogens is 392 g/mol. The van der Waals surface area contributed by atoms with E-state index in [9.17, 15) is 8.42 Å². The summed E-state index contributed by atoms with van der Waals surface area (Å²) in [7, 11) is -3.48. The van der Waals surface area contributed by atoms with Gasteiger partial charge in [0.25, 0.3) is 0 Å².